The van der Waals surface area contributed by atoms with E-state index in [1.165, 1.54) is 31.2 Å². The van der Waals surface area contributed by atoms with Crippen molar-refractivity contribution < 1.29 is 0 Å². The van der Waals surface area contributed by atoms with Crippen LogP contribution in [0.4, 0.5) is 0 Å². The lowest BCUT2D eigenvalue weighted by atomic mass is 9.96. The molecular weight excluding hydrogens is 202 g/mol. The van der Waals surface area contributed by atoms with Crippen molar-refractivity contribution in [3.05, 3.63) is 35.9 Å². The fourth-order valence-electron chi connectivity index (χ4n) is 2.12. The fourth-order valence-corrected chi connectivity index (χ4v) is 3.46. The molecule has 0 bridgehead atoms. The van der Waals surface area contributed by atoms with E-state index in [0.29, 0.717) is 6.04 Å². The number of thioether (sulfide) groups is 1. The van der Waals surface area contributed by atoms with E-state index in [1.54, 1.807) is 0 Å². The molecule has 0 amide bonds. The molecule has 2 atom stereocenters. The topological polar surface area (TPSA) is 26.0 Å². The Kier molecular flexibility index (Phi) is 4.09. The van der Waals surface area contributed by atoms with Crippen molar-refractivity contribution >= 4 is 11.8 Å². The number of benzene rings is 1. The van der Waals surface area contributed by atoms with Gasteiger partial charge >= 0.3 is 0 Å². The van der Waals surface area contributed by atoms with E-state index in [4.69, 9.17) is 5.73 Å². The van der Waals surface area contributed by atoms with E-state index < -0.39 is 0 Å². The van der Waals surface area contributed by atoms with Crippen LogP contribution in [0.2, 0.25) is 0 Å². The number of rotatable bonds is 3. The molecule has 1 aromatic carbocycles. The molecule has 2 unspecified atom stereocenters. The monoisotopic (exact) mass is 221 g/mol. The van der Waals surface area contributed by atoms with Gasteiger partial charge in [0.1, 0.15) is 0 Å². The van der Waals surface area contributed by atoms with Crippen molar-refractivity contribution in [1.29, 1.82) is 0 Å². The molecule has 0 saturated heterocycles. The van der Waals surface area contributed by atoms with Gasteiger partial charge in [-0.2, -0.15) is 11.8 Å². The molecular formula is C13H19NS. The van der Waals surface area contributed by atoms with Crippen LogP contribution in [0.3, 0.4) is 0 Å². The Morgan fingerprint density at radius 3 is 2.73 bits per heavy atom. The van der Waals surface area contributed by atoms with Gasteiger partial charge in [-0.15, -0.1) is 0 Å². The van der Waals surface area contributed by atoms with Crippen molar-refractivity contribution in [2.45, 2.75) is 42.7 Å². The summed E-state index contributed by atoms with van der Waals surface area (Å²) in [6.07, 6.45) is 5.10. The van der Waals surface area contributed by atoms with Gasteiger partial charge in [-0.05, 0) is 24.8 Å². The molecule has 1 saturated carbocycles. The van der Waals surface area contributed by atoms with Gasteiger partial charge in [0.2, 0.25) is 0 Å². The molecule has 0 aliphatic heterocycles. The third-order valence-corrected chi connectivity index (χ3v) is 4.39. The molecule has 0 heterocycles. The van der Waals surface area contributed by atoms with Crippen LogP contribution in [0.25, 0.3) is 0 Å². The Labute approximate surface area is 96.4 Å². The summed E-state index contributed by atoms with van der Waals surface area (Å²) in [5, 5.41) is 0.786. The maximum absolute atomic E-state index is 5.98. The highest BCUT2D eigenvalue weighted by atomic mass is 32.2. The first-order valence-electron chi connectivity index (χ1n) is 5.75. The summed E-state index contributed by atoms with van der Waals surface area (Å²) >= 11 is 2.07. The van der Waals surface area contributed by atoms with Gasteiger partial charge in [0.15, 0.2) is 0 Å². The van der Waals surface area contributed by atoms with E-state index >= 15 is 0 Å². The zero-order chi connectivity index (χ0) is 10.5. The molecule has 2 heteroatoms. The van der Waals surface area contributed by atoms with Crippen LogP contribution in [0.1, 0.15) is 31.2 Å². The second kappa shape index (κ2) is 5.57. The zero-order valence-corrected chi connectivity index (χ0v) is 9.88. The summed E-state index contributed by atoms with van der Waals surface area (Å²) in [6.45, 7) is 0. The van der Waals surface area contributed by atoms with Crippen LogP contribution >= 0.6 is 11.8 Å². The quantitative estimate of drug-likeness (QED) is 0.848. The van der Waals surface area contributed by atoms with Gasteiger partial charge < -0.3 is 5.73 Å². The third kappa shape index (κ3) is 3.54. The fraction of sp³-hybridized carbons (Fsp3) is 0.538. The molecule has 2 rings (SSSR count). The summed E-state index contributed by atoms with van der Waals surface area (Å²) in [4.78, 5) is 0. The lowest BCUT2D eigenvalue weighted by Gasteiger charge is -2.26. The van der Waals surface area contributed by atoms with Crippen molar-refractivity contribution in [2.75, 3.05) is 0 Å². The lowest BCUT2D eigenvalue weighted by molar-refractivity contribution is 0.451. The Morgan fingerprint density at radius 1 is 1.20 bits per heavy atom. The predicted molar refractivity (Wildman–Crippen MR) is 68.0 cm³/mol. The number of hydrogen-bond acceptors (Lipinski definition) is 2. The highest BCUT2D eigenvalue weighted by Crippen LogP contribution is 2.29. The van der Waals surface area contributed by atoms with Gasteiger partial charge in [-0.1, -0.05) is 36.8 Å². The van der Waals surface area contributed by atoms with Gasteiger partial charge in [0.25, 0.3) is 0 Å². The Balaban J connectivity index is 1.78. The number of hydrogen-bond donors (Lipinski definition) is 1. The Morgan fingerprint density at radius 2 is 2.00 bits per heavy atom. The second-order valence-corrected chi connectivity index (χ2v) is 5.63. The van der Waals surface area contributed by atoms with E-state index in [0.717, 1.165) is 11.0 Å². The molecule has 1 fully saturated rings. The van der Waals surface area contributed by atoms with Gasteiger partial charge in [0.05, 0.1) is 0 Å². The highest BCUT2D eigenvalue weighted by molar-refractivity contribution is 7.99. The van der Waals surface area contributed by atoms with E-state index in [9.17, 15) is 0 Å². The molecule has 0 aromatic heterocycles. The minimum absolute atomic E-state index is 0.451. The Bertz CT molecular complexity index is 286. The summed E-state index contributed by atoms with van der Waals surface area (Å²) in [6, 6.07) is 11.2. The molecule has 0 spiro atoms. The van der Waals surface area contributed by atoms with E-state index in [2.05, 4.69) is 42.1 Å². The van der Waals surface area contributed by atoms with Crippen molar-refractivity contribution in [1.82, 2.24) is 0 Å². The summed E-state index contributed by atoms with van der Waals surface area (Å²) in [5.74, 6) is 1.14. The van der Waals surface area contributed by atoms with Crippen LogP contribution in [0.15, 0.2) is 30.3 Å². The first kappa shape index (κ1) is 11.0. The maximum atomic E-state index is 5.98. The van der Waals surface area contributed by atoms with Crippen molar-refractivity contribution in [2.24, 2.45) is 5.73 Å². The highest BCUT2D eigenvalue weighted by Gasteiger charge is 2.19. The SMILES string of the molecule is NC1CCCC(SCc2ccccc2)C1. The van der Waals surface area contributed by atoms with Crippen LogP contribution in [-0.2, 0) is 5.75 Å². The summed E-state index contributed by atoms with van der Waals surface area (Å²) in [5.41, 5.74) is 7.41. The van der Waals surface area contributed by atoms with Gasteiger partial charge in [-0.3, -0.25) is 0 Å². The second-order valence-electron chi connectivity index (χ2n) is 4.35. The average molecular weight is 221 g/mol. The normalized spacial score (nSPS) is 26.5. The molecule has 15 heavy (non-hydrogen) atoms. The third-order valence-electron chi connectivity index (χ3n) is 3.00. The maximum Gasteiger partial charge on any atom is 0.0187 e. The summed E-state index contributed by atoms with van der Waals surface area (Å²) in [7, 11) is 0. The molecule has 82 valence electrons. The molecule has 1 aromatic rings. The standard InChI is InChI=1S/C13H19NS/c14-12-7-4-8-13(9-12)15-10-11-5-2-1-3-6-11/h1-3,5-6,12-13H,4,7-10,14H2. The van der Waals surface area contributed by atoms with Gasteiger partial charge in [0, 0.05) is 17.0 Å². The van der Waals surface area contributed by atoms with Crippen LogP contribution < -0.4 is 5.73 Å². The summed E-state index contributed by atoms with van der Waals surface area (Å²) < 4.78 is 0. The largest absolute Gasteiger partial charge is 0.328 e. The average Bonchev–Trinajstić information content (AvgIpc) is 2.28. The van der Waals surface area contributed by atoms with Crippen molar-refractivity contribution in [3.8, 4) is 0 Å². The Hall–Kier alpha value is -0.470. The molecule has 0 radical (unpaired) electrons. The van der Waals surface area contributed by atoms with E-state index in [-0.39, 0.29) is 0 Å². The minimum Gasteiger partial charge on any atom is -0.328 e. The zero-order valence-electron chi connectivity index (χ0n) is 9.06. The lowest BCUT2D eigenvalue weighted by Crippen LogP contribution is -2.29. The molecule has 1 aliphatic carbocycles. The first-order chi connectivity index (χ1) is 7.34. The van der Waals surface area contributed by atoms with Crippen LogP contribution in [0, 0.1) is 0 Å². The first-order valence-corrected chi connectivity index (χ1v) is 6.80. The smallest absolute Gasteiger partial charge is 0.0187 e. The van der Waals surface area contributed by atoms with E-state index in [1.807, 2.05) is 0 Å². The van der Waals surface area contributed by atoms with Gasteiger partial charge in [-0.25, -0.2) is 0 Å². The number of nitrogens with two attached hydrogens (primary N) is 1. The van der Waals surface area contributed by atoms with Crippen LogP contribution in [0.5, 0.6) is 0 Å². The molecule has 1 nitrogen and oxygen atoms in total. The van der Waals surface area contributed by atoms with Crippen LogP contribution in [-0.4, -0.2) is 11.3 Å². The molecule has 1 aliphatic rings. The van der Waals surface area contributed by atoms with Crippen molar-refractivity contribution in [3.63, 3.8) is 0 Å². The molecule has 2 N–H and O–H groups in total. The predicted octanol–water partition coefficient (Wildman–Crippen LogP) is 3.19. The minimum atomic E-state index is 0.451.